The van der Waals surface area contributed by atoms with E-state index in [1.165, 1.54) is 0 Å². The lowest BCUT2D eigenvalue weighted by Crippen LogP contribution is -2.33. The summed E-state index contributed by atoms with van der Waals surface area (Å²) in [5.74, 6) is 0.882. The number of aliphatic hydroxyl groups excluding tert-OH is 1. The van der Waals surface area contributed by atoms with E-state index in [2.05, 4.69) is 25.9 Å². The Morgan fingerprint density at radius 2 is 2.20 bits per heavy atom. The molecular weight excluding hydrogens is 260 g/mol. The standard InChI is InChI=1S/C10H13BrN2O2/c11-8-4-12-10(13-5-8)3-7-6-15-2-1-9(7)14/h4-5,7,9,14H,1-3,6H2/t7-,9-/m1/s1. The van der Waals surface area contributed by atoms with Crippen LogP contribution in [-0.2, 0) is 11.2 Å². The molecule has 4 nitrogen and oxygen atoms in total. The van der Waals surface area contributed by atoms with Gasteiger partial charge in [0.05, 0.1) is 17.2 Å². The van der Waals surface area contributed by atoms with Gasteiger partial charge in [-0.05, 0) is 22.4 Å². The fraction of sp³-hybridized carbons (Fsp3) is 0.600. The van der Waals surface area contributed by atoms with Gasteiger partial charge in [-0.15, -0.1) is 0 Å². The highest BCUT2D eigenvalue weighted by Crippen LogP contribution is 2.18. The van der Waals surface area contributed by atoms with Gasteiger partial charge in [0.1, 0.15) is 5.82 Å². The van der Waals surface area contributed by atoms with Gasteiger partial charge in [0.2, 0.25) is 0 Å². The van der Waals surface area contributed by atoms with Crippen LogP contribution in [0.1, 0.15) is 12.2 Å². The van der Waals surface area contributed by atoms with E-state index in [-0.39, 0.29) is 12.0 Å². The van der Waals surface area contributed by atoms with Crippen molar-refractivity contribution >= 4 is 15.9 Å². The van der Waals surface area contributed by atoms with Crippen LogP contribution >= 0.6 is 15.9 Å². The molecule has 82 valence electrons. The number of aromatic nitrogens is 2. The van der Waals surface area contributed by atoms with Gasteiger partial charge in [0.15, 0.2) is 0 Å². The van der Waals surface area contributed by atoms with Crippen LogP contribution in [-0.4, -0.2) is 34.4 Å². The lowest BCUT2D eigenvalue weighted by Gasteiger charge is -2.26. The highest BCUT2D eigenvalue weighted by Gasteiger charge is 2.24. The Bertz CT molecular complexity index is 318. The van der Waals surface area contributed by atoms with Crippen molar-refractivity contribution in [3.05, 3.63) is 22.7 Å². The second-order valence-electron chi connectivity index (χ2n) is 3.71. The van der Waals surface area contributed by atoms with Crippen LogP contribution in [0.15, 0.2) is 16.9 Å². The second kappa shape index (κ2) is 5.01. The van der Waals surface area contributed by atoms with E-state index in [0.29, 0.717) is 26.1 Å². The van der Waals surface area contributed by atoms with Crippen molar-refractivity contribution in [3.63, 3.8) is 0 Å². The summed E-state index contributed by atoms with van der Waals surface area (Å²) in [7, 11) is 0. The minimum absolute atomic E-state index is 0.125. The molecule has 1 N–H and O–H groups in total. The first-order valence-electron chi connectivity index (χ1n) is 4.98. The van der Waals surface area contributed by atoms with Crippen molar-refractivity contribution < 1.29 is 9.84 Å². The third-order valence-corrected chi connectivity index (χ3v) is 2.96. The molecule has 0 aliphatic carbocycles. The Balaban J connectivity index is 1.98. The molecule has 0 bridgehead atoms. The number of rotatable bonds is 2. The lowest BCUT2D eigenvalue weighted by molar-refractivity contribution is -0.0357. The SMILES string of the molecule is O[C@@H]1CCOC[C@H]1Cc1ncc(Br)cn1. The second-order valence-corrected chi connectivity index (χ2v) is 4.63. The molecule has 0 saturated carbocycles. The maximum Gasteiger partial charge on any atom is 0.128 e. The van der Waals surface area contributed by atoms with Crippen LogP contribution in [0.4, 0.5) is 0 Å². The van der Waals surface area contributed by atoms with Gasteiger partial charge in [-0.25, -0.2) is 9.97 Å². The molecule has 2 atom stereocenters. The molecule has 1 aromatic heterocycles. The lowest BCUT2D eigenvalue weighted by atomic mass is 9.95. The first-order chi connectivity index (χ1) is 7.25. The fourth-order valence-electron chi connectivity index (χ4n) is 1.66. The van der Waals surface area contributed by atoms with E-state index in [1.54, 1.807) is 12.4 Å². The molecule has 15 heavy (non-hydrogen) atoms. The number of hydrogen-bond donors (Lipinski definition) is 1. The Labute approximate surface area is 96.8 Å². The van der Waals surface area contributed by atoms with Crippen molar-refractivity contribution in [2.24, 2.45) is 5.92 Å². The van der Waals surface area contributed by atoms with E-state index in [1.807, 2.05) is 0 Å². The Morgan fingerprint density at radius 1 is 1.47 bits per heavy atom. The van der Waals surface area contributed by atoms with Gasteiger partial charge >= 0.3 is 0 Å². The van der Waals surface area contributed by atoms with Gasteiger partial charge < -0.3 is 9.84 Å². The maximum absolute atomic E-state index is 9.74. The Morgan fingerprint density at radius 3 is 2.87 bits per heavy atom. The highest BCUT2D eigenvalue weighted by molar-refractivity contribution is 9.10. The summed E-state index contributed by atoms with van der Waals surface area (Å²) >= 11 is 3.28. The predicted molar refractivity (Wildman–Crippen MR) is 58.4 cm³/mol. The fourth-order valence-corrected chi connectivity index (χ4v) is 1.86. The molecule has 0 amide bonds. The molecule has 1 aliphatic heterocycles. The average Bonchev–Trinajstić information content (AvgIpc) is 2.25. The van der Waals surface area contributed by atoms with E-state index in [9.17, 15) is 5.11 Å². The smallest absolute Gasteiger partial charge is 0.128 e. The normalized spacial score (nSPS) is 26.5. The predicted octanol–water partition coefficient (Wildman–Crippen LogP) is 1.18. The third-order valence-electron chi connectivity index (χ3n) is 2.55. The van der Waals surface area contributed by atoms with Crippen molar-refractivity contribution in [1.82, 2.24) is 9.97 Å². The van der Waals surface area contributed by atoms with Gasteiger partial charge in [-0.3, -0.25) is 0 Å². The number of halogens is 1. The van der Waals surface area contributed by atoms with Gasteiger partial charge in [-0.1, -0.05) is 0 Å². The summed E-state index contributed by atoms with van der Waals surface area (Å²) in [6, 6.07) is 0. The summed E-state index contributed by atoms with van der Waals surface area (Å²) < 4.78 is 6.19. The van der Waals surface area contributed by atoms with Gasteiger partial charge in [0, 0.05) is 31.3 Å². The zero-order chi connectivity index (χ0) is 10.7. The maximum atomic E-state index is 9.74. The molecule has 0 unspecified atom stereocenters. The van der Waals surface area contributed by atoms with Gasteiger partial charge in [-0.2, -0.15) is 0 Å². The monoisotopic (exact) mass is 272 g/mol. The average molecular weight is 273 g/mol. The zero-order valence-corrected chi connectivity index (χ0v) is 9.85. The van der Waals surface area contributed by atoms with Crippen LogP contribution in [0.3, 0.4) is 0 Å². The molecular formula is C10H13BrN2O2. The first kappa shape index (κ1) is 11.0. The van der Waals surface area contributed by atoms with Crippen molar-refractivity contribution in [1.29, 1.82) is 0 Å². The summed E-state index contributed by atoms with van der Waals surface area (Å²) in [4.78, 5) is 8.36. The Kier molecular flexibility index (Phi) is 3.66. The first-order valence-corrected chi connectivity index (χ1v) is 5.77. The molecule has 1 saturated heterocycles. The minimum Gasteiger partial charge on any atom is -0.393 e. The summed E-state index contributed by atoms with van der Waals surface area (Å²) in [5.41, 5.74) is 0. The van der Waals surface area contributed by atoms with Crippen molar-refractivity contribution in [2.75, 3.05) is 13.2 Å². The molecule has 1 aliphatic rings. The molecule has 1 aromatic rings. The quantitative estimate of drug-likeness (QED) is 0.879. The zero-order valence-electron chi connectivity index (χ0n) is 8.27. The molecule has 1 fully saturated rings. The van der Waals surface area contributed by atoms with E-state index >= 15 is 0 Å². The molecule has 0 spiro atoms. The summed E-state index contributed by atoms with van der Waals surface area (Å²) in [6.07, 6.45) is 4.54. The molecule has 0 radical (unpaired) electrons. The van der Waals surface area contributed by atoms with Crippen LogP contribution in [0.5, 0.6) is 0 Å². The van der Waals surface area contributed by atoms with E-state index in [4.69, 9.17) is 4.74 Å². The number of hydrogen-bond acceptors (Lipinski definition) is 4. The third kappa shape index (κ3) is 2.96. The summed E-state index contributed by atoms with van der Waals surface area (Å²) in [6.45, 7) is 1.25. The van der Waals surface area contributed by atoms with Crippen LogP contribution in [0, 0.1) is 5.92 Å². The van der Waals surface area contributed by atoms with E-state index < -0.39 is 0 Å². The van der Waals surface area contributed by atoms with Crippen molar-refractivity contribution in [3.8, 4) is 0 Å². The molecule has 2 rings (SSSR count). The van der Waals surface area contributed by atoms with Gasteiger partial charge in [0.25, 0.3) is 0 Å². The number of ether oxygens (including phenoxy) is 1. The highest BCUT2D eigenvalue weighted by atomic mass is 79.9. The molecule has 5 heteroatoms. The van der Waals surface area contributed by atoms with Crippen molar-refractivity contribution in [2.45, 2.75) is 18.9 Å². The van der Waals surface area contributed by atoms with Crippen LogP contribution in [0.25, 0.3) is 0 Å². The van der Waals surface area contributed by atoms with Crippen LogP contribution in [0.2, 0.25) is 0 Å². The number of nitrogens with zero attached hydrogens (tertiary/aromatic N) is 2. The summed E-state index contributed by atoms with van der Waals surface area (Å²) in [5, 5.41) is 9.74. The largest absolute Gasteiger partial charge is 0.393 e. The Hall–Kier alpha value is -0.520. The molecule has 2 heterocycles. The number of aliphatic hydroxyl groups is 1. The topological polar surface area (TPSA) is 55.2 Å². The van der Waals surface area contributed by atoms with E-state index in [0.717, 1.165) is 10.3 Å². The van der Waals surface area contributed by atoms with Crippen LogP contribution < -0.4 is 0 Å². The molecule has 0 aromatic carbocycles. The minimum atomic E-state index is -0.286.